The lowest BCUT2D eigenvalue weighted by Gasteiger charge is -2.00. The van der Waals surface area contributed by atoms with Gasteiger partial charge in [-0.1, -0.05) is 0 Å². The van der Waals surface area contributed by atoms with Crippen molar-refractivity contribution in [2.24, 2.45) is 0 Å². The monoisotopic (exact) mass is 140 g/mol. The van der Waals surface area contributed by atoms with Crippen LogP contribution < -0.4 is 0 Å². The number of hydrogen-bond donors (Lipinski definition) is 0. The van der Waals surface area contributed by atoms with Crippen LogP contribution in [0.2, 0.25) is 0 Å². The van der Waals surface area contributed by atoms with Gasteiger partial charge in [-0.3, -0.25) is 0 Å². The summed E-state index contributed by atoms with van der Waals surface area (Å²) in [5.74, 6) is 0. The second-order valence-corrected chi connectivity index (χ2v) is 1.46. The Kier molecular flexibility index (Phi) is 5.76. The summed E-state index contributed by atoms with van der Waals surface area (Å²) in [6.07, 6.45) is -2.37. The lowest BCUT2D eigenvalue weighted by Crippen LogP contribution is -2.08. The summed E-state index contributed by atoms with van der Waals surface area (Å²) in [6, 6.07) is 0. The SMILES string of the molecule is COCCOCC(F)F. The van der Waals surface area contributed by atoms with Gasteiger partial charge < -0.3 is 9.47 Å². The molecule has 0 aliphatic rings. The summed E-state index contributed by atoms with van der Waals surface area (Å²) in [4.78, 5) is 0. The highest BCUT2D eigenvalue weighted by molar-refractivity contribution is 4.33. The minimum absolute atomic E-state index is 0.237. The third kappa shape index (κ3) is 7.78. The fraction of sp³-hybridized carbons (Fsp3) is 1.00. The molecular weight excluding hydrogens is 130 g/mol. The van der Waals surface area contributed by atoms with Crippen LogP contribution in [-0.2, 0) is 9.47 Å². The van der Waals surface area contributed by atoms with Gasteiger partial charge in [0.05, 0.1) is 13.2 Å². The van der Waals surface area contributed by atoms with Gasteiger partial charge in [0.2, 0.25) is 0 Å². The molecule has 0 aromatic rings. The Hall–Kier alpha value is -0.220. The summed E-state index contributed by atoms with van der Waals surface area (Å²) in [6.45, 7) is 0.108. The van der Waals surface area contributed by atoms with Gasteiger partial charge >= 0.3 is 0 Å². The zero-order chi connectivity index (χ0) is 7.11. The van der Waals surface area contributed by atoms with E-state index in [0.717, 1.165) is 0 Å². The second kappa shape index (κ2) is 5.91. The normalized spacial score (nSPS) is 10.7. The van der Waals surface area contributed by atoms with Crippen molar-refractivity contribution in [3.05, 3.63) is 0 Å². The second-order valence-electron chi connectivity index (χ2n) is 1.46. The van der Waals surface area contributed by atoms with Crippen LogP contribution >= 0.6 is 0 Å². The van der Waals surface area contributed by atoms with Crippen molar-refractivity contribution in [3.63, 3.8) is 0 Å². The molecule has 0 aromatic heterocycles. The molecular formula is C5H10F2O2. The van der Waals surface area contributed by atoms with E-state index in [2.05, 4.69) is 9.47 Å². The summed E-state index contributed by atoms with van der Waals surface area (Å²) in [5.41, 5.74) is 0. The van der Waals surface area contributed by atoms with Crippen molar-refractivity contribution in [1.82, 2.24) is 0 Å². The first-order valence-corrected chi connectivity index (χ1v) is 2.62. The maximum atomic E-state index is 11.3. The van der Waals surface area contributed by atoms with Crippen molar-refractivity contribution < 1.29 is 18.3 Å². The lowest BCUT2D eigenvalue weighted by molar-refractivity contribution is -0.00155. The van der Waals surface area contributed by atoms with Crippen LogP contribution in [0.25, 0.3) is 0 Å². The zero-order valence-electron chi connectivity index (χ0n) is 5.27. The maximum Gasteiger partial charge on any atom is 0.261 e. The molecule has 0 spiro atoms. The molecule has 0 atom stereocenters. The molecule has 0 fully saturated rings. The van der Waals surface area contributed by atoms with E-state index in [1.165, 1.54) is 7.11 Å². The Morgan fingerprint density at radius 3 is 2.44 bits per heavy atom. The van der Waals surface area contributed by atoms with E-state index in [-0.39, 0.29) is 6.61 Å². The van der Waals surface area contributed by atoms with Gasteiger partial charge in [-0.25, -0.2) is 8.78 Å². The van der Waals surface area contributed by atoms with Gasteiger partial charge in [0.1, 0.15) is 6.61 Å². The van der Waals surface area contributed by atoms with Crippen molar-refractivity contribution in [3.8, 4) is 0 Å². The van der Waals surface area contributed by atoms with Crippen molar-refractivity contribution >= 4 is 0 Å². The van der Waals surface area contributed by atoms with Crippen LogP contribution in [0.15, 0.2) is 0 Å². The highest BCUT2D eigenvalue weighted by Crippen LogP contribution is 1.91. The summed E-state index contributed by atoms with van der Waals surface area (Å²) < 4.78 is 31.6. The maximum absolute atomic E-state index is 11.3. The van der Waals surface area contributed by atoms with Gasteiger partial charge in [0.15, 0.2) is 0 Å². The predicted molar refractivity (Wildman–Crippen MR) is 28.7 cm³/mol. The Bertz CT molecular complexity index is 58.9. The number of halogens is 2. The number of hydrogen-bond acceptors (Lipinski definition) is 2. The van der Waals surface area contributed by atoms with Crippen LogP contribution in [0.3, 0.4) is 0 Å². The minimum Gasteiger partial charge on any atom is -0.382 e. The summed E-state index contributed by atoms with van der Waals surface area (Å²) in [7, 11) is 1.49. The van der Waals surface area contributed by atoms with Crippen LogP contribution in [0.1, 0.15) is 0 Å². The zero-order valence-corrected chi connectivity index (χ0v) is 5.27. The molecule has 4 heteroatoms. The lowest BCUT2D eigenvalue weighted by atomic mass is 10.7. The van der Waals surface area contributed by atoms with Crippen LogP contribution in [-0.4, -0.2) is 33.4 Å². The predicted octanol–water partition coefficient (Wildman–Crippen LogP) is 0.915. The third-order valence-corrected chi connectivity index (χ3v) is 0.676. The molecule has 56 valence electrons. The Morgan fingerprint density at radius 2 is 2.00 bits per heavy atom. The molecule has 0 unspecified atom stereocenters. The van der Waals surface area contributed by atoms with Crippen LogP contribution in [0.4, 0.5) is 8.78 Å². The van der Waals surface area contributed by atoms with Gasteiger partial charge in [-0.05, 0) is 0 Å². The molecule has 9 heavy (non-hydrogen) atoms. The van der Waals surface area contributed by atoms with Gasteiger partial charge in [0, 0.05) is 7.11 Å². The molecule has 0 rings (SSSR count). The van der Waals surface area contributed by atoms with Crippen LogP contribution in [0, 0.1) is 0 Å². The summed E-state index contributed by atoms with van der Waals surface area (Å²) >= 11 is 0. The average molecular weight is 140 g/mol. The topological polar surface area (TPSA) is 18.5 Å². The van der Waals surface area contributed by atoms with Crippen molar-refractivity contribution in [1.29, 1.82) is 0 Å². The Morgan fingerprint density at radius 1 is 1.33 bits per heavy atom. The molecule has 0 radical (unpaired) electrons. The molecule has 0 N–H and O–H groups in total. The first-order chi connectivity index (χ1) is 4.27. The number of rotatable bonds is 5. The molecule has 0 amide bonds. The minimum atomic E-state index is -2.37. The van der Waals surface area contributed by atoms with E-state index in [1.807, 2.05) is 0 Å². The van der Waals surface area contributed by atoms with E-state index in [9.17, 15) is 8.78 Å². The van der Waals surface area contributed by atoms with E-state index in [0.29, 0.717) is 6.61 Å². The van der Waals surface area contributed by atoms with Crippen molar-refractivity contribution in [2.75, 3.05) is 26.9 Å². The third-order valence-electron chi connectivity index (χ3n) is 0.676. The number of methoxy groups -OCH3 is 1. The molecule has 0 aromatic carbocycles. The number of ether oxygens (including phenoxy) is 2. The molecule has 0 aliphatic heterocycles. The molecule has 0 aliphatic carbocycles. The fourth-order valence-corrected chi connectivity index (χ4v) is 0.315. The first kappa shape index (κ1) is 8.78. The van der Waals surface area contributed by atoms with Gasteiger partial charge in [0.25, 0.3) is 6.43 Å². The van der Waals surface area contributed by atoms with E-state index >= 15 is 0 Å². The van der Waals surface area contributed by atoms with Crippen LogP contribution in [0.5, 0.6) is 0 Å². The molecule has 2 nitrogen and oxygen atoms in total. The molecule has 0 bridgehead atoms. The molecule has 0 saturated carbocycles. The smallest absolute Gasteiger partial charge is 0.261 e. The highest BCUT2D eigenvalue weighted by Gasteiger charge is 1.99. The Labute approximate surface area is 52.8 Å². The van der Waals surface area contributed by atoms with E-state index in [1.54, 1.807) is 0 Å². The van der Waals surface area contributed by atoms with Crippen molar-refractivity contribution in [2.45, 2.75) is 6.43 Å². The standard InChI is InChI=1S/C5H10F2O2/c1-8-2-3-9-4-5(6)7/h5H,2-4H2,1H3. The Balaban J connectivity index is 2.75. The number of alkyl halides is 2. The van der Waals surface area contributed by atoms with E-state index in [4.69, 9.17) is 0 Å². The summed E-state index contributed by atoms with van der Waals surface area (Å²) in [5, 5.41) is 0. The molecule has 0 heterocycles. The average Bonchev–Trinajstić information content (AvgIpc) is 1.80. The van der Waals surface area contributed by atoms with E-state index < -0.39 is 13.0 Å². The highest BCUT2D eigenvalue weighted by atomic mass is 19.3. The van der Waals surface area contributed by atoms with Gasteiger partial charge in [-0.2, -0.15) is 0 Å². The largest absolute Gasteiger partial charge is 0.382 e. The first-order valence-electron chi connectivity index (χ1n) is 2.62. The van der Waals surface area contributed by atoms with Gasteiger partial charge in [-0.15, -0.1) is 0 Å². The molecule has 0 saturated heterocycles. The quantitative estimate of drug-likeness (QED) is 0.528. The fourth-order valence-electron chi connectivity index (χ4n) is 0.315.